The van der Waals surface area contributed by atoms with Gasteiger partial charge in [0.05, 0.1) is 6.54 Å². The van der Waals surface area contributed by atoms with Crippen molar-refractivity contribution in [2.75, 3.05) is 6.54 Å². The van der Waals surface area contributed by atoms with Gasteiger partial charge in [-0.05, 0) is 37.4 Å². The molecule has 0 aliphatic rings. The summed E-state index contributed by atoms with van der Waals surface area (Å²) in [5.74, 6) is 0.0466. The van der Waals surface area contributed by atoms with Crippen LogP contribution >= 0.6 is 0 Å². The average Bonchev–Trinajstić information content (AvgIpc) is 2.29. The van der Waals surface area contributed by atoms with E-state index in [0.29, 0.717) is 12.1 Å². The first kappa shape index (κ1) is 13.0. The fourth-order valence-corrected chi connectivity index (χ4v) is 1.55. The van der Waals surface area contributed by atoms with Crippen molar-refractivity contribution in [2.24, 2.45) is 5.11 Å². The standard InChI is InChI=1S/C13H15N3O/c1-9(2)13(8-15-16-14)12-6-4-11(5-7-12)10(3)17/h4-7H,8H2,1-3H3. The van der Waals surface area contributed by atoms with Crippen LogP contribution in [0.1, 0.15) is 36.7 Å². The van der Waals surface area contributed by atoms with E-state index in [1.54, 1.807) is 12.1 Å². The molecule has 0 aromatic heterocycles. The molecule has 0 amide bonds. The molecule has 1 rings (SSSR count). The minimum absolute atomic E-state index is 0.0466. The molecule has 1 aromatic rings. The Morgan fingerprint density at radius 3 is 2.12 bits per heavy atom. The number of benzene rings is 1. The summed E-state index contributed by atoms with van der Waals surface area (Å²) in [6.45, 7) is 5.82. The van der Waals surface area contributed by atoms with Crippen LogP contribution in [0.2, 0.25) is 0 Å². The first-order chi connectivity index (χ1) is 8.06. The number of carbonyl (C=O) groups excluding carboxylic acids is 1. The zero-order chi connectivity index (χ0) is 12.8. The highest BCUT2D eigenvalue weighted by Crippen LogP contribution is 2.20. The van der Waals surface area contributed by atoms with Crippen LogP contribution in [0, 0.1) is 0 Å². The van der Waals surface area contributed by atoms with Gasteiger partial charge in [-0.3, -0.25) is 4.79 Å². The number of ketones is 1. The third-order valence-corrected chi connectivity index (χ3v) is 2.54. The number of hydrogen-bond acceptors (Lipinski definition) is 2. The second-order valence-corrected chi connectivity index (χ2v) is 4.00. The van der Waals surface area contributed by atoms with Crippen LogP contribution in [0.4, 0.5) is 0 Å². The molecule has 0 aliphatic heterocycles. The molecule has 0 fully saturated rings. The molecule has 0 spiro atoms. The van der Waals surface area contributed by atoms with E-state index >= 15 is 0 Å². The molecule has 0 saturated carbocycles. The van der Waals surface area contributed by atoms with Crippen LogP contribution in [-0.4, -0.2) is 12.3 Å². The number of carbonyl (C=O) groups is 1. The number of allylic oxidation sites excluding steroid dienone is 1. The molecule has 0 aliphatic carbocycles. The molecule has 0 radical (unpaired) electrons. The predicted octanol–water partition coefficient (Wildman–Crippen LogP) is 3.99. The molecular formula is C13H15N3O. The highest BCUT2D eigenvalue weighted by Gasteiger charge is 2.04. The highest BCUT2D eigenvalue weighted by atomic mass is 16.1. The smallest absolute Gasteiger partial charge is 0.159 e. The lowest BCUT2D eigenvalue weighted by molar-refractivity contribution is 0.101. The molecule has 4 heteroatoms. The molecule has 1 aromatic carbocycles. The number of Topliss-reactive ketones (excluding diaryl/α,β-unsaturated/α-hetero) is 1. The number of azide groups is 1. The summed E-state index contributed by atoms with van der Waals surface area (Å²) in [4.78, 5) is 13.9. The minimum atomic E-state index is 0.0466. The molecule has 0 atom stereocenters. The molecular weight excluding hydrogens is 214 g/mol. The molecule has 0 unspecified atom stereocenters. The molecule has 88 valence electrons. The van der Waals surface area contributed by atoms with Gasteiger partial charge in [0.2, 0.25) is 0 Å². The summed E-state index contributed by atoms with van der Waals surface area (Å²) >= 11 is 0. The van der Waals surface area contributed by atoms with Gasteiger partial charge in [0, 0.05) is 10.5 Å². The van der Waals surface area contributed by atoms with Gasteiger partial charge in [0.1, 0.15) is 0 Å². The number of hydrogen-bond donors (Lipinski definition) is 0. The Hall–Kier alpha value is -2.06. The third-order valence-electron chi connectivity index (χ3n) is 2.54. The van der Waals surface area contributed by atoms with Crippen LogP contribution < -0.4 is 0 Å². The van der Waals surface area contributed by atoms with Gasteiger partial charge in [0.15, 0.2) is 5.78 Å². The zero-order valence-electron chi connectivity index (χ0n) is 10.3. The summed E-state index contributed by atoms with van der Waals surface area (Å²) in [5.41, 5.74) is 12.1. The van der Waals surface area contributed by atoms with Crippen LogP contribution in [-0.2, 0) is 0 Å². The van der Waals surface area contributed by atoms with Crippen molar-refractivity contribution in [3.63, 3.8) is 0 Å². The van der Waals surface area contributed by atoms with E-state index in [1.165, 1.54) is 6.92 Å². The normalized spacial score (nSPS) is 9.35. The topological polar surface area (TPSA) is 65.8 Å². The van der Waals surface area contributed by atoms with Crippen molar-refractivity contribution < 1.29 is 4.79 Å². The fourth-order valence-electron chi connectivity index (χ4n) is 1.55. The highest BCUT2D eigenvalue weighted by molar-refractivity contribution is 5.94. The molecule has 0 N–H and O–H groups in total. The monoisotopic (exact) mass is 229 g/mol. The Morgan fingerprint density at radius 2 is 1.71 bits per heavy atom. The minimum Gasteiger partial charge on any atom is -0.295 e. The Labute approximate surface area is 101 Å². The van der Waals surface area contributed by atoms with Gasteiger partial charge in [-0.2, -0.15) is 0 Å². The predicted molar refractivity (Wildman–Crippen MR) is 68.7 cm³/mol. The van der Waals surface area contributed by atoms with Crippen molar-refractivity contribution in [3.05, 3.63) is 51.4 Å². The number of rotatable bonds is 4. The van der Waals surface area contributed by atoms with E-state index in [-0.39, 0.29) is 5.78 Å². The van der Waals surface area contributed by atoms with Crippen molar-refractivity contribution in [1.82, 2.24) is 0 Å². The maximum Gasteiger partial charge on any atom is 0.159 e. The van der Waals surface area contributed by atoms with E-state index in [0.717, 1.165) is 16.7 Å². The summed E-state index contributed by atoms with van der Waals surface area (Å²) in [7, 11) is 0. The van der Waals surface area contributed by atoms with Gasteiger partial charge in [-0.1, -0.05) is 35.0 Å². The second-order valence-electron chi connectivity index (χ2n) is 4.00. The Kier molecular flexibility index (Phi) is 4.49. The van der Waals surface area contributed by atoms with Gasteiger partial charge >= 0.3 is 0 Å². The van der Waals surface area contributed by atoms with E-state index < -0.39 is 0 Å². The fraction of sp³-hybridized carbons (Fsp3) is 0.308. The lowest BCUT2D eigenvalue weighted by Crippen LogP contribution is -1.95. The van der Waals surface area contributed by atoms with Crippen molar-refractivity contribution in [2.45, 2.75) is 20.8 Å². The van der Waals surface area contributed by atoms with Crippen LogP contribution in [0.5, 0.6) is 0 Å². The quantitative estimate of drug-likeness (QED) is 0.333. The largest absolute Gasteiger partial charge is 0.295 e. The summed E-state index contributed by atoms with van der Waals surface area (Å²) in [6.07, 6.45) is 0. The lowest BCUT2D eigenvalue weighted by atomic mass is 9.99. The molecule has 0 bridgehead atoms. The maximum atomic E-state index is 11.2. The van der Waals surface area contributed by atoms with Crippen molar-refractivity contribution in [1.29, 1.82) is 0 Å². The molecule has 0 heterocycles. The summed E-state index contributed by atoms with van der Waals surface area (Å²) in [6, 6.07) is 7.34. The van der Waals surface area contributed by atoms with E-state index in [4.69, 9.17) is 5.53 Å². The van der Waals surface area contributed by atoms with Gasteiger partial charge < -0.3 is 0 Å². The third kappa shape index (κ3) is 3.47. The summed E-state index contributed by atoms with van der Waals surface area (Å²) in [5, 5.41) is 3.58. The maximum absolute atomic E-state index is 11.2. The Balaban J connectivity index is 3.09. The molecule has 4 nitrogen and oxygen atoms in total. The Morgan fingerprint density at radius 1 is 1.18 bits per heavy atom. The van der Waals surface area contributed by atoms with Gasteiger partial charge in [0.25, 0.3) is 0 Å². The SMILES string of the molecule is CC(=O)c1ccc(C(CN=[N+]=[N-])=C(C)C)cc1. The van der Waals surface area contributed by atoms with Crippen molar-refractivity contribution >= 4 is 11.4 Å². The summed E-state index contributed by atoms with van der Waals surface area (Å²) < 4.78 is 0. The Bertz CT molecular complexity index is 490. The zero-order valence-corrected chi connectivity index (χ0v) is 10.3. The van der Waals surface area contributed by atoms with Crippen LogP contribution in [0.25, 0.3) is 16.0 Å². The first-order valence-corrected chi connectivity index (χ1v) is 5.35. The molecule has 0 saturated heterocycles. The van der Waals surface area contributed by atoms with Crippen molar-refractivity contribution in [3.8, 4) is 0 Å². The van der Waals surface area contributed by atoms with E-state index in [2.05, 4.69) is 10.0 Å². The second kappa shape index (κ2) is 5.87. The van der Waals surface area contributed by atoms with E-state index in [9.17, 15) is 4.79 Å². The average molecular weight is 229 g/mol. The molecule has 17 heavy (non-hydrogen) atoms. The lowest BCUT2D eigenvalue weighted by Gasteiger charge is -2.08. The van der Waals surface area contributed by atoms with Gasteiger partial charge in [-0.15, -0.1) is 0 Å². The van der Waals surface area contributed by atoms with Crippen LogP contribution in [0.3, 0.4) is 0 Å². The number of nitrogens with zero attached hydrogens (tertiary/aromatic N) is 3. The van der Waals surface area contributed by atoms with Gasteiger partial charge in [-0.25, -0.2) is 0 Å². The first-order valence-electron chi connectivity index (χ1n) is 5.35. The van der Waals surface area contributed by atoms with E-state index in [1.807, 2.05) is 26.0 Å². The van der Waals surface area contributed by atoms with Crippen LogP contribution in [0.15, 0.2) is 35.0 Å².